The molecule has 25 heavy (non-hydrogen) atoms. The van der Waals surface area contributed by atoms with Crippen LogP contribution in [0.15, 0.2) is 30.3 Å². The van der Waals surface area contributed by atoms with E-state index in [1.54, 1.807) is 12.1 Å². The van der Waals surface area contributed by atoms with Gasteiger partial charge in [0.05, 0.1) is 4.88 Å². The topological polar surface area (TPSA) is 38.3 Å². The lowest BCUT2D eigenvalue weighted by molar-refractivity contribution is 0.0486. The van der Waals surface area contributed by atoms with E-state index in [4.69, 9.17) is 4.74 Å². The molecular formula is C20H24FNO2S. The molecule has 1 aromatic heterocycles. The highest BCUT2D eigenvalue weighted by molar-refractivity contribution is 7.14. The van der Waals surface area contributed by atoms with Crippen molar-refractivity contribution in [3.8, 4) is 0 Å². The summed E-state index contributed by atoms with van der Waals surface area (Å²) in [5.41, 5.74) is 1.89. The van der Waals surface area contributed by atoms with Gasteiger partial charge in [0.2, 0.25) is 0 Å². The molecule has 0 aliphatic carbocycles. The van der Waals surface area contributed by atoms with Crippen molar-refractivity contribution in [1.82, 2.24) is 5.32 Å². The highest BCUT2D eigenvalue weighted by Crippen LogP contribution is 2.35. The number of hydrogen-bond acceptors (Lipinski definition) is 3. The monoisotopic (exact) mass is 361 g/mol. The summed E-state index contributed by atoms with van der Waals surface area (Å²) in [6.45, 7) is 5.90. The number of amides is 1. The number of benzene rings is 1. The number of thiophene rings is 1. The van der Waals surface area contributed by atoms with Crippen LogP contribution >= 0.6 is 11.3 Å². The Balaban J connectivity index is 1.78. The predicted molar refractivity (Wildman–Crippen MR) is 98.9 cm³/mol. The minimum Gasteiger partial charge on any atom is -0.381 e. The van der Waals surface area contributed by atoms with E-state index < -0.39 is 0 Å². The molecule has 1 saturated heterocycles. The van der Waals surface area contributed by atoms with Crippen LogP contribution in [0.25, 0.3) is 0 Å². The first-order valence-corrected chi connectivity index (χ1v) is 9.57. The predicted octanol–water partition coefficient (Wildman–Crippen LogP) is 4.24. The molecule has 0 saturated carbocycles. The molecule has 3 rings (SSSR count). The van der Waals surface area contributed by atoms with Crippen LogP contribution in [0, 0.1) is 12.7 Å². The van der Waals surface area contributed by atoms with Gasteiger partial charge in [-0.1, -0.05) is 19.1 Å². The van der Waals surface area contributed by atoms with Crippen molar-refractivity contribution in [3.05, 3.63) is 57.0 Å². The second-order valence-corrected chi connectivity index (χ2v) is 7.89. The summed E-state index contributed by atoms with van der Waals surface area (Å²) in [5, 5.41) is 3.09. The number of aryl methyl sites for hydroxylation is 2. The zero-order valence-corrected chi connectivity index (χ0v) is 15.5. The van der Waals surface area contributed by atoms with Crippen molar-refractivity contribution < 1.29 is 13.9 Å². The molecule has 1 aliphatic rings. The summed E-state index contributed by atoms with van der Waals surface area (Å²) in [4.78, 5) is 14.5. The third-order valence-corrected chi connectivity index (χ3v) is 6.19. The summed E-state index contributed by atoms with van der Waals surface area (Å²) >= 11 is 1.53. The van der Waals surface area contributed by atoms with Gasteiger partial charge in [-0.25, -0.2) is 4.39 Å². The van der Waals surface area contributed by atoms with Gasteiger partial charge >= 0.3 is 0 Å². The normalized spacial score (nSPS) is 16.6. The largest absolute Gasteiger partial charge is 0.381 e. The smallest absolute Gasteiger partial charge is 0.261 e. The molecule has 0 bridgehead atoms. The Morgan fingerprint density at radius 1 is 1.32 bits per heavy atom. The molecule has 1 aliphatic heterocycles. The Labute approximate surface area is 152 Å². The molecule has 0 spiro atoms. The average Bonchev–Trinajstić information content (AvgIpc) is 3.01. The highest BCUT2D eigenvalue weighted by atomic mass is 32.1. The van der Waals surface area contributed by atoms with Gasteiger partial charge < -0.3 is 10.1 Å². The molecule has 2 aromatic rings. The van der Waals surface area contributed by atoms with Crippen molar-refractivity contribution in [1.29, 1.82) is 0 Å². The van der Waals surface area contributed by atoms with Crippen LogP contribution < -0.4 is 5.32 Å². The SMILES string of the molecule is CCc1cc(C(=O)NCC2(c3cccc(F)c3)CCOCC2)sc1C. The van der Waals surface area contributed by atoms with Gasteiger partial charge in [-0.15, -0.1) is 11.3 Å². The number of rotatable bonds is 5. The quantitative estimate of drug-likeness (QED) is 0.865. The van der Waals surface area contributed by atoms with Crippen LogP contribution in [-0.2, 0) is 16.6 Å². The summed E-state index contributed by atoms with van der Waals surface area (Å²) in [6.07, 6.45) is 2.49. The Bertz CT molecular complexity index is 750. The van der Waals surface area contributed by atoms with E-state index in [9.17, 15) is 9.18 Å². The molecule has 1 aromatic carbocycles. The van der Waals surface area contributed by atoms with Crippen molar-refractivity contribution in [3.63, 3.8) is 0 Å². The molecule has 0 atom stereocenters. The molecule has 1 N–H and O–H groups in total. The summed E-state index contributed by atoms with van der Waals surface area (Å²) < 4.78 is 19.2. The van der Waals surface area contributed by atoms with Gasteiger partial charge in [-0.2, -0.15) is 0 Å². The van der Waals surface area contributed by atoms with Gasteiger partial charge in [-0.05, 0) is 55.5 Å². The maximum absolute atomic E-state index is 13.7. The minimum absolute atomic E-state index is 0.0462. The van der Waals surface area contributed by atoms with E-state index in [0.29, 0.717) is 19.8 Å². The lowest BCUT2D eigenvalue weighted by atomic mass is 9.74. The zero-order valence-electron chi connectivity index (χ0n) is 14.7. The fraction of sp³-hybridized carbons (Fsp3) is 0.450. The van der Waals surface area contributed by atoms with Gasteiger partial charge in [0.1, 0.15) is 5.82 Å². The molecule has 3 nitrogen and oxygen atoms in total. The molecule has 5 heteroatoms. The lowest BCUT2D eigenvalue weighted by Crippen LogP contribution is -2.44. The number of ether oxygens (including phenoxy) is 1. The first-order valence-electron chi connectivity index (χ1n) is 8.75. The standard InChI is InChI=1S/C20H24FNO2S/c1-3-15-11-18(25-14(15)2)19(23)22-13-20(7-9-24-10-8-20)16-5-4-6-17(21)12-16/h4-6,11-12H,3,7-10,13H2,1-2H3,(H,22,23). The number of nitrogens with one attached hydrogen (secondary N) is 1. The molecule has 0 radical (unpaired) electrons. The van der Waals surface area contributed by atoms with Crippen LogP contribution in [0.4, 0.5) is 4.39 Å². The van der Waals surface area contributed by atoms with Crippen molar-refractivity contribution in [2.75, 3.05) is 19.8 Å². The van der Waals surface area contributed by atoms with Gasteiger partial charge in [0.15, 0.2) is 0 Å². The van der Waals surface area contributed by atoms with Crippen molar-refractivity contribution >= 4 is 17.2 Å². The Kier molecular flexibility index (Phi) is 5.54. The van der Waals surface area contributed by atoms with Crippen molar-refractivity contribution in [2.45, 2.75) is 38.5 Å². The molecule has 1 fully saturated rings. The molecule has 0 unspecified atom stereocenters. The number of carbonyl (C=O) groups is 1. The molecule has 134 valence electrons. The third kappa shape index (κ3) is 3.93. The van der Waals surface area contributed by atoms with E-state index in [1.807, 2.05) is 19.1 Å². The molecular weight excluding hydrogens is 337 g/mol. The highest BCUT2D eigenvalue weighted by Gasteiger charge is 2.35. The summed E-state index contributed by atoms with van der Waals surface area (Å²) in [7, 11) is 0. The zero-order chi connectivity index (χ0) is 17.9. The first-order chi connectivity index (χ1) is 12.0. The number of halogens is 1. The summed E-state index contributed by atoms with van der Waals surface area (Å²) in [5.74, 6) is -0.286. The van der Waals surface area contributed by atoms with Gasteiger partial charge in [-0.3, -0.25) is 4.79 Å². The van der Waals surface area contributed by atoms with E-state index in [-0.39, 0.29) is 17.1 Å². The maximum Gasteiger partial charge on any atom is 0.261 e. The van der Waals surface area contributed by atoms with Crippen molar-refractivity contribution in [2.24, 2.45) is 0 Å². The van der Waals surface area contributed by atoms with Gasteiger partial charge in [0, 0.05) is 30.1 Å². The van der Waals surface area contributed by atoms with E-state index in [0.717, 1.165) is 29.7 Å². The molecule has 1 amide bonds. The minimum atomic E-state index is -0.268. The van der Waals surface area contributed by atoms with Crippen LogP contribution in [0.1, 0.15) is 45.4 Å². The fourth-order valence-corrected chi connectivity index (χ4v) is 4.50. The Morgan fingerprint density at radius 3 is 2.72 bits per heavy atom. The first kappa shape index (κ1) is 18.1. The van der Waals surface area contributed by atoms with Crippen LogP contribution in [0.2, 0.25) is 0 Å². The number of hydrogen-bond donors (Lipinski definition) is 1. The second-order valence-electron chi connectivity index (χ2n) is 6.63. The van der Waals surface area contributed by atoms with E-state index in [2.05, 4.69) is 12.2 Å². The second kappa shape index (κ2) is 7.67. The van der Waals surface area contributed by atoms with E-state index in [1.165, 1.54) is 27.8 Å². The maximum atomic E-state index is 13.7. The summed E-state index contributed by atoms with van der Waals surface area (Å²) in [6, 6.07) is 8.71. The Morgan fingerprint density at radius 2 is 2.08 bits per heavy atom. The van der Waals surface area contributed by atoms with Gasteiger partial charge in [0.25, 0.3) is 5.91 Å². The Hall–Kier alpha value is -1.72. The number of carbonyl (C=O) groups excluding carboxylic acids is 1. The van der Waals surface area contributed by atoms with E-state index >= 15 is 0 Å². The van der Waals surface area contributed by atoms with Crippen LogP contribution in [0.5, 0.6) is 0 Å². The fourth-order valence-electron chi connectivity index (χ4n) is 3.47. The lowest BCUT2D eigenvalue weighted by Gasteiger charge is -2.38. The third-order valence-electron chi connectivity index (χ3n) is 5.10. The van der Waals surface area contributed by atoms with Crippen LogP contribution in [0.3, 0.4) is 0 Å². The average molecular weight is 361 g/mol. The molecule has 2 heterocycles. The van der Waals surface area contributed by atoms with Crippen LogP contribution in [-0.4, -0.2) is 25.7 Å².